The maximum absolute atomic E-state index is 11.7. The van der Waals surface area contributed by atoms with E-state index in [0.29, 0.717) is 25.3 Å². The third-order valence-electron chi connectivity index (χ3n) is 2.48. The first kappa shape index (κ1) is 11.4. The van der Waals surface area contributed by atoms with Gasteiger partial charge >= 0.3 is 0 Å². The van der Waals surface area contributed by atoms with Crippen molar-refractivity contribution in [2.45, 2.75) is 25.8 Å². The van der Waals surface area contributed by atoms with Crippen LogP contribution in [0.15, 0.2) is 0 Å². The molecule has 1 fully saturated rings. The van der Waals surface area contributed by atoms with E-state index in [-0.39, 0.29) is 11.8 Å². The van der Waals surface area contributed by atoms with Crippen LogP contribution in [0, 0.1) is 0 Å². The summed E-state index contributed by atoms with van der Waals surface area (Å²) in [5.41, 5.74) is -0.724. The molecule has 1 heterocycles. The maximum Gasteiger partial charge on any atom is 0.245 e. The summed E-state index contributed by atoms with van der Waals surface area (Å²) in [5.74, 6) is 0.434. The Morgan fingerprint density at radius 1 is 1.64 bits per heavy atom. The van der Waals surface area contributed by atoms with E-state index in [9.17, 15) is 9.59 Å². The van der Waals surface area contributed by atoms with Crippen LogP contribution in [-0.2, 0) is 9.59 Å². The zero-order valence-electron chi connectivity index (χ0n) is 8.54. The molecule has 1 saturated heterocycles. The van der Waals surface area contributed by atoms with Crippen molar-refractivity contribution < 1.29 is 9.59 Å². The lowest BCUT2D eigenvalue weighted by Crippen LogP contribution is -2.63. The Labute approximate surface area is 89.4 Å². The molecule has 0 spiro atoms. The minimum Gasteiger partial charge on any atom is -0.352 e. The number of thiol groups is 1. The van der Waals surface area contributed by atoms with Crippen LogP contribution in [0.5, 0.6) is 0 Å². The molecule has 0 aliphatic carbocycles. The fourth-order valence-electron chi connectivity index (χ4n) is 1.57. The number of rotatable bonds is 2. The van der Waals surface area contributed by atoms with E-state index in [1.165, 1.54) is 0 Å². The first-order chi connectivity index (χ1) is 6.50. The van der Waals surface area contributed by atoms with Crippen LogP contribution < -0.4 is 5.32 Å². The predicted octanol–water partition coefficient (Wildman–Crippen LogP) is 0.0433. The summed E-state index contributed by atoms with van der Waals surface area (Å²) in [4.78, 5) is 24.8. The topological polar surface area (TPSA) is 49.4 Å². The first-order valence-corrected chi connectivity index (χ1v) is 5.33. The van der Waals surface area contributed by atoms with Crippen LogP contribution in [0.25, 0.3) is 0 Å². The molecule has 0 radical (unpaired) electrons. The van der Waals surface area contributed by atoms with Gasteiger partial charge in [0.05, 0.1) is 0 Å². The average Bonchev–Trinajstić information content (AvgIpc) is 2.10. The van der Waals surface area contributed by atoms with Gasteiger partial charge in [0.1, 0.15) is 5.54 Å². The third-order valence-corrected chi connectivity index (χ3v) is 2.70. The Morgan fingerprint density at radius 2 is 2.29 bits per heavy atom. The first-order valence-electron chi connectivity index (χ1n) is 4.70. The van der Waals surface area contributed by atoms with Crippen molar-refractivity contribution in [2.75, 3.05) is 18.8 Å². The van der Waals surface area contributed by atoms with Gasteiger partial charge in [0.15, 0.2) is 0 Å². The molecule has 0 unspecified atom stereocenters. The molecule has 1 aliphatic heterocycles. The molecule has 14 heavy (non-hydrogen) atoms. The van der Waals surface area contributed by atoms with Gasteiger partial charge in [0, 0.05) is 19.5 Å². The zero-order chi connectivity index (χ0) is 10.8. The Hall–Kier alpha value is -0.710. The van der Waals surface area contributed by atoms with E-state index in [1.54, 1.807) is 18.7 Å². The van der Waals surface area contributed by atoms with Gasteiger partial charge in [-0.2, -0.15) is 12.6 Å². The molecular weight excluding hydrogens is 200 g/mol. The van der Waals surface area contributed by atoms with Crippen LogP contribution in [0.4, 0.5) is 0 Å². The van der Waals surface area contributed by atoms with Gasteiger partial charge in [-0.25, -0.2) is 0 Å². The highest BCUT2D eigenvalue weighted by atomic mass is 32.1. The van der Waals surface area contributed by atoms with Crippen molar-refractivity contribution in [2.24, 2.45) is 0 Å². The van der Waals surface area contributed by atoms with E-state index in [1.807, 2.05) is 0 Å². The van der Waals surface area contributed by atoms with Crippen molar-refractivity contribution in [1.29, 1.82) is 0 Å². The van der Waals surface area contributed by atoms with Crippen LogP contribution >= 0.6 is 12.6 Å². The molecule has 1 N–H and O–H groups in total. The van der Waals surface area contributed by atoms with Crippen LogP contribution in [0.2, 0.25) is 0 Å². The highest BCUT2D eigenvalue weighted by Crippen LogP contribution is 2.18. The highest BCUT2D eigenvalue weighted by molar-refractivity contribution is 7.80. The van der Waals surface area contributed by atoms with E-state index < -0.39 is 5.54 Å². The van der Waals surface area contributed by atoms with Crippen molar-refractivity contribution in [3.05, 3.63) is 0 Å². The summed E-state index contributed by atoms with van der Waals surface area (Å²) >= 11 is 4.01. The van der Waals surface area contributed by atoms with Crippen LogP contribution in [0.1, 0.15) is 20.3 Å². The summed E-state index contributed by atoms with van der Waals surface area (Å²) in [6.07, 6.45) is 0.389. The molecule has 0 aromatic carbocycles. The summed E-state index contributed by atoms with van der Waals surface area (Å²) in [6, 6.07) is 0. The van der Waals surface area contributed by atoms with Crippen molar-refractivity contribution in [1.82, 2.24) is 10.2 Å². The largest absolute Gasteiger partial charge is 0.352 e. The molecule has 1 rings (SSSR count). The lowest BCUT2D eigenvalue weighted by atomic mass is 9.98. The second-order valence-electron chi connectivity index (χ2n) is 3.83. The lowest BCUT2D eigenvalue weighted by molar-refractivity contribution is -0.148. The Kier molecular flexibility index (Phi) is 3.42. The molecule has 2 amide bonds. The molecule has 0 saturated carbocycles. The standard InChI is InChI=1S/C9H16N2O2S/c1-9(2)8(13)10-4-5-11(9)7(12)3-6-14/h14H,3-6H2,1-2H3,(H,10,13). The monoisotopic (exact) mass is 216 g/mol. The van der Waals surface area contributed by atoms with Gasteiger partial charge in [-0.1, -0.05) is 0 Å². The van der Waals surface area contributed by atoms with Gasteiger partial charge in [-0.15, -0.1) is 0 Å². The van der Waals surface area contributed by atoms with Crippen molar-refractivity contribution in [3.8, 4) is 0 Å². The summed E-state index contributed by atoms with van der Waals surface area (Å²) in [5, 5.41) is 2.75. The summed E-state index contributed by atoms with van der Waals surface area (Å²) in [7, 11) is 0. The van der Waals surface area contributed by atoms with Gasteiger partial charge in [-0.3, -0.25) is 9.59 Å². The second-order valence-corrected chi connectivity index (χ2v) is 4.28. The number of carbonyl (C=O) groups is 2. The number of piperazine rings is 1. The van der Waals surface area contributed by atoms with Gasteiger partial charge in [0.2, 0.25) is 11.8 Å². The number of carbonyl (C=O) groups excluding carboxylic acids is 2. The highest BCUT2D eigenvalue weighted by Gasteiger charge is 2.39. The molecule has 80 valence electrons. The second kappa shape index (κ2) is 4.21. The molecule has 4 nitrogen and oxygen atoms in total. The quantitative estimate of drug-likeness (QED) is 0.641. The smallest absolute Gasteiger partial charge is 0.245 e. The van der Waals surface area contributed by atoms with E-state index in [2.05, 4.69) is 17.9 Å². The molecule has 0 aromatic rings. The summed E-state index contributed by atoms with van der Waals surface area (Å²) in [6.45, 7) is 4.65. The fourth-order valence-corrected chi connectivity index (χ4v) is 1.76. The Morgan fingerprint density at radius 3 is 2.86 bits per heavy atom. The number of hydrogen-bond donors (Lipinski definition) is 2. The lowest BCUT2D eigenvalue weighted by Gasteiger charge is -2.41. The number of hydrogen-bond acceptors (Lipinski definition) is 3. The Balaban J connectivity index is 2.76. The number of nitrogens with one attached hydrogen (secondary N) is 1. The SMILES string of the molecule is CC1(C)C(=O)NCCN1C(=O)CCS. The maximum atomic E-state index is 11.7. The molecule has 5 heteroatoms. The van der Waals surface area contributed by atoms with Crippen LogP contribution in [-0.4, -0.2) is 41.1 Å². The minimum atomic E-state index is -0.724. The minimum absolute atomic E-state index is 0.000139. The zero-order valence-corrected chi connectivity index (χ0v) is 9.43. The van der Waals surface area contributed by atoms with E-state index >= 15 is 0 Å². The molecule has 0 aromatic heterocycles. The number of nitrogens with zero attached hydrogens (tertiary/aromatic N) is 1. The van der Waals surface area contributed by atoms with E-state index in [0.717, 1.165) is 0 Å². The molecule has 0 atom stereocenters. The van der Waals surface area contributed by atoms with Crippen molar-refractivity contribution in [3.63, 3.8) is 0 Å². The molecular formula is C9H16N2O2S. The number of amides is 2. The average molecular weight is 216 g/mol. The normalized spacial score (nSPS) is 20.5. The Bertz CT molecular complexity index is 253. The third kappa shape index (κ3) is 2.03. The fraction of sp³-hybridized carbons (Fsp3) is 0.778. The van der Waals surface area contributed by atoms with Gasteiger partial charge < -0.3 is 10.2 Å². The summed E-state index contributed by atoms with van der Waals surface area (Å²) < 4.78 is 0. The van der Waals surface area contributed by atoms with Crippen molar-refractivity contribution >= 4 is 24.4 Å². The predicted molar refractivity (Wildman–Crippen MR) is 57.3 cm³/mol. The van der Waals surface area contributed by atoms with E-state index in [4.69, 9.17) is 0 Å². The molecule has 1 aliphatic rings. The molecule has 0 bridgehead atoms. The van der Waals surface area contributed by atoms with Crippen LogP contribution in [0.3, 0.4) is 0 Å². The van der Waals surface area contributed by atoms with Gasteiger partial charge in [0.25, 0.3) is 0 Å². The van der Waals surface area contributed by atoms with Gasteiger partial charge in [-0.05, 0) is 19.6 Å².